The molecule has 1 saturated heterocycles. The summed E-state index contributed by atoms with van der Waals surface area (Å²) in [6.07, 6.45) is 3.08. The second-order valence-corrected chi connectivity index (χ2v) is 9.07. The molecule has 7 heteroatoms. The molecule has 0 saturated carbocycles. The molecule has 2 aliphatic rings. The Morgan fingerprint density at radius 3 is 2.64 bits per heavy atom. The van der Waals surface area contributed by atoms with E-state index in [0.29, 0.717) is 26.1 Å². The number of hydrogen-bond acceptors (Lipinski definition) is 5. The van der Waals surface area contributed by atoms with Crippen molar-refractivity contribution >= 4 is 17.6 Å². The van der Waals surface area contributed by atoms with Crippen LogP contribution in [0.3, 0.4) is 0 Å². The third-order valence-electron chi connectivity index (χ3n) is 6.95. The van der Waals surface area contributed by atoms with Gasteiger partial charge in [0.1, 0.15) is 11.6 Å². The van der Waals surface area contributed by atoms with Crippen molar-refractivity contribution in [1.82, 2.24) is 19.8 Å². The zero-order valence-corrected chi connectivity index (χ0v) is 20.1. The molecule has 1 aromatic heterocycles. The Bertz CT molecular complexity index is 990. The fourth-order valence-corrected chi connectivity index (χ4v) is 4.85. The number of aromatic nitrogens is 2. The Labute approximate surface area is 196 Å². The van der Waals surface area contributed by atoms with Gasteiger partial charge in [0.15, 0.2) is 0 Å². The number of anilines is 1. The summed E-state index contributed by atoms with van der Waals surface area (Å²) in [6.45, 7) is 10.4. The maximum absolute atomic E-state index is 12.9. The van der Waals surface area contributed by atoms with Gasteiger partial charge in [-0.05, 0) is 44.8 Å². The van der Waals surface area contributed by atoms with Crippen molar-refractivity contribution in [3.8, 4) is 0 Å². The maximum Gasteiger partial charge on any atom is 0.236 e. The summed E-state index contributed by atoms with van der Waals surface area (Å²) in [6, 6.07) is 10.2. The topological polar surface area (TPSA) is 69.6 Å². The van der Waals surface area contributed by atoms with Crippen molar-refractivity contribution in [2.75, 3.05) is 44.2 Å². The maximum atomic E-state index is 12.9. The molecule has 0 spiro atoms. The third-order valence-corrected chi connectivity index (χ3v) is 6.95. The van der Waals surface area contributed by atoms with Crippen LogP contribution in [0.4, 0.5) is 5.82 Å². The van der Waals surface area contributed by atoms with Crippen LogP contribution in [0.2, 0.25) is 0 Å². The number of amides is 2. The minimum absolute atomic E-state index is 0.0927. The number of rotatable bonds is 8. The van der Waals surface area contributed by atoms with E-state index < -0.39 is 0 Å². The van der Waals surface area contributed by atoms with Gasteiger partial charge in [-0.1, -0.05) is 44.2 Å². The number of likely N-dealkylation sites (tertiary alicyclic amines) is 1. The average molecular weight is 450 g/mol. The van der Waals surface area contributed by atoms with Crippen LogP contribution >= 0.6 is 0 Å². The Morgan fingerprint density at radius 2 is 1.91 bits per heavy atom. The van der Waals surface area contributed by atoms with Crippen molar-refractivity contribution < 1.29 is 9.59 Å². The van der Waals surface area contributed by atoms with Crippen molar-refractivity contribution in [3.63, 3.8) is 0 Å². The number of carbonyl (C=O) groups is 2. The molecule has 1 aromatic carbocycles. The Balaban J connectivity index is 1.50. The molecule has 4 rings (SSSR count). The first-order valence-electron chi connectivity index (χ1n) is 12.2. The lowest BCUT2D eigenvalue weighted by molar-refractivity contribution is -0.133. The number of likely N-dealkylation sites (N-methyl/N-ethyl adjacent to an activating group) is 1. The minimum atomic E-state index is 0.0927. The molecule has 7 nitrogen and oxygen atoms in total. The largest absolute Gasteiger partial charge is 0.341 e. The molecule has 3 heterocycles. The molecule has 2 amide bonds. The summed E-state index contributed by atoms with van der Waals surface area (Å²) in [7, 11) is 0. The average Bonchev–Trinajstić information content (AvgIpc) is 3.17. The third kappa shape index (κ3) is 5.24. The first-order valence-corrected chi connectivity index (χ1v) is 12.2. The van der Waals surface area contributed by atoms with E-state index in [4.69, 9.17) is 9.97 Å². The van der Waals surface area contributed by atoms with E-state index in [2.05, 4.69) is 30.9 Å². The zero-order chi connectivity index (χ0) is 23.4. The molecule has 0 aliphatic carbocycles. The predicted molar refractivity (Wildman–Crippen MR) is 129 cm³/mol. The van der Waals surface area contributed by atoms with Crippen LogP contribution in [-0.2, 0) is 22.4 Å². The first-order chi connectivity index (χ1) is 16.0. The zero-order valence-electron chi connectivity index (χ0n) is 20.1. The number of hydrogen-bond donors (Lipinski definition) is 0. The molecule has 2 aliphatic heterocycles. The molecule has 1 fully saturated rings. The van der Waals surface area contributed by atoms with E-state index in [-0.39, 0.29) is 17.7 Å². The van der Waals surface area contributed by atoms with Crippen LogP contribution in [0.1, 0.15) is 55.3 Å². The van der Waals surface area contributed by atoms with Gasteiger partial charge in [-0.3, -0.25) is 19.4 Å². The van der Waals surface area contributed by atoms with Crippen molar-refractivity contribution in [2.24, 2.45) is 0 Å². The smallest absolute Gasteiger partial charge is 0.236 e. The van der Waals surface area contributed by atoms with Gasteiger partial charge in [0.2, 0.25) is 11.8 Å². The van der Waals surface area contributed by atoms with Crippen LogP contribution in [0, 0.1) is 6.92 Å². The first kappa shape index (κ1) is 23.4. The molecule has 0 unspecified atom stereocenters. The summed E-state index contributed by atoms with van der Waals surface area (Å²) < 4.78 is 0. The summed E-state index contributed by atoms with van der Waals surface area (Å²) in [4.78, 5) is 41.3. The Kier molecular flexibility index (Phi) is 7.38. The second-order valence-electron chi connectivity index (χ2n) is 9.07. The van der Waals surface area contributed by atoms with Gasteiger partial charge in [-0.15, -0.1) is 0 Å². The van der Waals surface area contributed by atoms with Crippen LogP contribution in [0.25, 0.3) is 0 Å². The normalized spacial score (nSPS) is 18.2. The Morgan fingerprint density at radius 1 is 1.15 bits per heavy atom. The molecule has 0 bridgehead atoms. The highest BCUT2D eigenvalue weighted by Gasteiger charge is 2.33. The highest BCUT2D eigenvalue weighted by atomic mass is 16.2. The van der Waals surface area contributed by atoms with E-state index in [9.17, 15) is 9.59 Å². The highest BCUT2D eigenvalue weighted by Crippen LogP contribution is 2.32. The SMILES string of the molecule is CCN(CC)CC(=O)N1CCC[C@H](c2nc(C)c3c(n2)N(CCc2ccccc2)C(=O)C3)C1. The summed E-state index contributed by atoms with van der Waals surface area (Å²) in [5.74, 6) is 1.92. The number of carbonyl (C=O) groups excluding carboxylic acids is 2. The molecule has 33 heavy (non-hydrogen) atoms. The van der Waals surface area contributed by atoms with Gasteiger partial charge in [0.25, 0.3) is 0 Å². The van der Waals surface area contributed by atoms with E-state index in [0.717, 1.165) is 61.8 Å². The van der Waals surface area contributed by atoms with Crippen molar-refractivity contribution in [1.29, 1.82) is 0 Å². The van der Waals surface area contributed by atoms with E-state index >= 15 is 0 Å². The number of piperidine rings is 1. The predicted octanol–water partition coefficient (Wildman–Crippen LogP) is 2.96. The van der Waals surface area contributed by atoms with Crippen LogP contribution in [0.5, 0.6) is 0 Å². The Hall–Kier alpha value is -2.80. The molecule has 0 radical (unpaired) electrons. The monoisotopic (exact) mass is 449 g/mol. The molecule has 1 atom stereocenters. The molecular formula is C26H35N5O2. The van der Waals surface area contributed by atoms with Gasteiger partial charge in [-0.25, -0.2) is 9.97 Å². The number of nitrogens with zero attached hydrogens (tertiary/aromatic N) is 5. The van der Waals surface area contributed by atoms with Gasteiger partial charge < -0.3 is 4.90 Å². The van der Waals surface area contributed by atoms with Gasteiger partial charge in [0.05, 0.1) is 13.0 Å². The van der Waals surface area contributed by atoms with Crippen molar-refractivity contribution in [3.05, 3.63) is 53.0 Å². The van der Waals surface area contributed by atoms with Gasteiger partial charge in [-0.2, -0.15) is 0 Å². The summed E-state index contributed by atoms with van der Waals surface area (Å²) >= 11 is 0. The van der Waals surface area contributed by atoms with Crippen LogP contribution in [0.15, 0.2) is 30.3 Å². The summed E-state index contributed by atoms with van der Waals surface area (Å²) in [5, 5.41) is 0. The summed E-state index contributed by atoms with van der Waals surface area (Å²) in [5.41, 5.74) is 3.04. The van der Waals surface area contributed by atoms with Crippen molar-refractivity contribution in [2.45, 2.75) is 52.4 Å². The lowest BCUT2D eigenvalue weighted by atomic mass is 9.96. The number of benzene rings is 1. The van der Waals surface area contributed by atoms with E-state index in [1.807, 2.05) is 34.9 Å². The van der Waals surface area contributed by atoms with E-state index in [1.165, 1.54) is 5.56 Å². The molecule has 176 valence electrons. The van der Waals surface area contributed by atoms with Gasteiger partial charge in [0, 0.05) is 36.8 Å². The standard InChI is InChI=1S/C26H35N5O2/c1-4-29(5-2)18-24(33)30-14-9-12-21(17-30)25-27-19(3)22-16-23(32)31(26(22)28-25)15-13-20-10-7-6-8-11-20/h6-8,10-11,21H,4-5,9,12-18H2,1-3H3/t21-/m0/s1. The second kappa shape index (κ2) is 10.4. The quantitative estimate of drug-likeness (QED) is 0.620. The lowest BCUT2D eigenvalue weighted by Crippen LogP contribution is -2.44. The van der Waals surface area contributed by atoms with Gasteiger partial charge >= 0.3 is 0 Å². The fraction of sp³-hybridized carbons (Fsp3) is 0.538. The highest BCUT2D eigenvalue weighted by molar-refractivity contribution is 6.00. The minimum Gasteiger partial charge on any atom is -0.341 e. The lowest BCUT2D eigenvalue weighted by Gasteiger charge is -2.33. The number of fused-ring (bicyclic) bond motifs is 1. The number of aryl methyl sites for hydroxylation is 1. The van der Waals surface area contributed by atoms with Crippen LogP contribution in [-0.4, -0.2) is 70.9 Å². The molecular weight excluding hydrogens is 414 g/mol. The molecule has 2 aromatic rings. The van der Waals surface area contributed by atoms with E-state index in [1.54, 1.807) is 0 Å². The van der Waals surface area contributed by atoms with Crippen LogP contribution < -0.4 is 4.90 Å². The molecule has 0 N–H and O–H groups in total. The fourth-order valence-electron chi connectivity index (χ4n) is 4.85.